The lowest BCUT2D eigenvalue weighted by Crippen LogP contribution is -2.44. The Kier molecular flexibility index (Phi) is 2.29. The largest absolute Gasteiger partial charge is 0.450 e. The van der Waals surface area contributed by atoms with Crippen molar-refractivity contribution >= 4 is 39.5 Å². The van der Waals surface area contributed by atoms with Crippen molar-refractivity contribution < 1.29 is 4.42 Å². The van der Waals surface area contributed by atoms with E-state index in [0.29, 0.717) is 17.1 Å². The van der Waals surface area contributed by atoms with Crippen LogP contribution in [0, 0.1) is 0 Å². The van der Waals surface area contributed by atoms with Crippen LogP contribution in [0.2, 0.25) is 5.02 Å². The van der Waals surface area contributed by atoms with Crippen molar-refractivity contribution in [3.63, 3.8) is 0 Å². The van der Waals surface area contributed by atoms with Gasteiger partial charge in [-0.15, -0.1) is 0 Å². The minimum atomic E-state index is 0.497. The van der Waals surface area contributed by atoms with Crippen LogP contribution in [-0.4, -0.2) is 35.1 Å². The van der Waals surface area contributed by atoms with Crippen LogP contribution in [0.1, 0.15) is 6.42 Å². The van der Waals surface area contributed by atoms with Gasteiger partial charge in [0.05, 0.1) is 10.4 Å². The van der Waals surface area contributed by atoms with Crippen molar-refractivity contribution in [3.05, 3.63) is 29.5 Å². The highest BCUT2D eigenvalue weighted by Crippen LogP contribution is 2.38. The Morgan fingerprint density at radius 2 is 2.29 bits per heavy atom. The number of nitrogens with one attached hydrogen (secondary N) is 1. The number of fused-ring (bicyclic) bond motifs is 5. The fraction of sp³-hybridized carbons (Fsp3) is 0.333. The Morgan fingerprint density at radius 1 is 1.33 bits per heavy atom. The van der Waals surface area contributed by atoms with E-state index >= 15 is 0 Å². The van der Waals surface area contributed by atoms with Crippen molar-refractivity contribution in [2.45, 2.75) is 18.5 Å². The lowest BCUT2D eigenvalue weighted by atomic mass is 10.2. The number of rotatable bonds is 1. The Labute approximate surface area is 125 Å². The Morgan fingerprint density at radius 3 is 3.10 bits per heavy atom. The third-order valence-electron chi connectivity index (χ3n) is 4.54. The number of nitrogens with zero attached hydrogens (tertiary/aromatic N) is 3. The standard InChI is InChI=1S/C15H13ClN4O/c16-10-2-1-3-11-12(10)13-14(21-11)15(19-7-18-13)20-6-8-4-9(20)5-17-8/h1-3,7-9,17H,4-6H2/t8-,9-/m0/s1. The second-order valence-electron chi connectivity index (χ2n) is 5.74. The molecular formula is C15H13ClN4O. The summed E-state index contributed by atoms with van der Waals surface area (Å²) in [5.41, 5.74) is 2.31. The summed E-state index contributed by atoms with van der Waals surface area (Å²) in [7, 11) is 0. The molecule has 2 saturated heterocycles. The van der Waals surface area contributed by atoms with E-state index in [1.54, 1.807) is 6.33 Å². The highest BCUT2D eigenvalue weighted by molar-refractivity contribution is 6.37. The lowest BCUT2D eigenvalue weighted by Gasteiger charge is -2.28. The maximum atomic E-state index is 6.31. The zero-order valence-corrected chi connectivity index (χ0v) is 12.0. The van der Waals surface area contributed by atoms with Crippen LogP contribution in [-0.2, 0) is 0 Å². The van der Waals surface area contributed by atoms with Crippen LogP contribution in [0.5, 0.6) is 0 Å². The molecule has 21 heavy (non-hydrogen) atoms. The van der Waals surface area contributed by atoms with Crippen LogP contribution in [0.3, 0.4) is 0 Å². The molecule has 2 bridgehead atoms. The molecule has 2 aromatic heterocycles. The molecule has 2 fully saturated rings. The summed E-state index contributed by atoms with van der Waals surface area (Å²) in [6.07, 6.45) is 2.78. The normalized spacial score (nSPS) is 24.5. The maximum Gasteiger partial charge on any atom is 0.196 e. The number of aromatic nitrogens is 2. The summed E-state index contributed by atoms with van der Waals surface area (Å²) in [6, 6.07) is 6.74. The highest BCUT2D eigenvalue weighted by Gasteiger charge is 2.39. The molecule has 3 aromatic rings. The van der Waals surface area contributed by atoms with Gasteiger partial charge in [0.15, 0.2) is 11.4 Å². The molecule has 1 aromatic carbocycles. The molecule has 0 saturated carbocycles. The van der Waals surface area contributed by atoms with Gasteiger partial charge in [-0.25, -0.2) is 9.97 Å². The first-order chi connectivity index (χ1) is 10.3. The average molecular weight is 301 g/mol. The van der Waals surface area contributed by atoms with Crippen molar-refractivity contribution in [1.29, 1.82) is 0 Å². The monoisotopic (exact) mass is 300 g/mol. The zero-order chi connectivity index (χ0) is 14.0. The van der Waals surface area contributed by atoms with E-state index in [1.165, 1.54) is 6.42 Å². The van der Waals surface area contributed by atoms with Gasteiger partial charge in [0, 0.05) is 25.2 Å². The first kappa shape index (κ1) is 11.8. The Balaban J connectivity index is 1.78. The Hall–Kier alpha value is -1.85. The first-order valence-electron chi connectivity index (χ1n) is 7.13. The topological polar surface area (TPSA) is 54.2 Å². The molecule has 0 unspecified atom stereocenters. The van der Waals surface area contributed by atoms with E-state index in [4.69, 9.17) is 16.0 Å². The van der Waals surface area contributed by atoms with E-state index in [0.717, 1.165) is 41.0 Å². The third kappa shape index (κ3) is 1.56. The number of anilines is 1. The number of piperazine rings is 1. The summed E-state index contributed by atoms with van der Waals surface area (Å²) >= 11 is 6.31. The summed E-state index contributed by atoms with van der Waals surface area (Å²) in [4.78, 5) is 11.2. The molecule has 1 N–H and O–H groups in total. The van der Waals surface area contributed by atoms with Crippen LogP contribution in [0.25, 0.3) is 22.1 Å². The van der Waals surface area contributed by atoms with Gasteiger partial charge in [-0.1, -0.05) is 17.7 Å². The van der Waals surface area contributed by atoms with Gasteiger partial charge in [0.1, 0.15) is 17.4 Å². The molecule has 106 valence electrons. The van der Waals surface area contributed by atoms with Crippen LogP contribution < -0.4 is 10.2 Å². The molecule has 5 rings (SSSR count). The van der Waals surface area contributed by atoms with E-state index in [2.05, 4.69) is 20.2 Å². The quantitative estimate of drug-likeness (QED) is 0.748. The number of hydrogen-bond acceptors (Lipinski definition) is 5. The minimum absolute atomic E-state index is 0.497. The zero-order valence-electron chi connectivity index (χ0n) is 11.2. The minimum Gasteiger partial charge on any atom is -0.450 e. The molecule has 4 heterocycles. The van der Waals surface area contributed by atoms with E-state index in [9.17, 15) is 0 Å². The van der Waals surface area contributed by atoms with Crippen LogP contribution in [0.15, 0.2) is 28.9 Å². The van der Waals surface area contributed by atoms with Crippen molar-refractivity contribution in [1.82, 2.24) is 15.3 Å². The summed E-state index contributed by atoms with van der Waals surface area (Å²) in [5.74, 6) is 0.890. The maximum absolute atomic E-state index is 6.31. The number of hydrogen-bond donors (Lipinski definition) is 1. The second kappa shape index (κ2) is 4.08. The van der Waals surface area contributed by atoms with E-state index in [-0.39, 0.29) is 0 Å². The van der Waals surface area contributed by atoms with Crippen molar-refractivity contribution in [2.24, 2.45) is 0 Å². The molecule has 2 atom stereocenters. The fourth-order valence-corrected chi connectivity index (χ4v) is 3.85. The molecule has 6 heteroatoms. The predicted octanol–water partition coefficient (Wildman–Crippen LogP) is 2.58. The van der Waals surface area contributed by atoms with E-state index in [1.807, 2.05) is 18.2 Å². The smallest absolute Gasteiger partial charge is 0.196 e. The number of halogens is 1. The van der Waals surface area contributed by atoms with Crippen molar-refractivity contribution in [2.75, 3.05) is 18.0 Å². The van der Waals surface area contributed by atoms with Gasteiger partial charge in [0.2, 0.25) is 0 Å². The van der Waals surface area contributed by atoms with Gasteiger partial charge in [-0.05, 0) is 18.6 Å². The van der Waals surface area contributed by atoms with Gasteiger partial charge in [0.25, 0.3) is 0 Å². The van der Waals surface area contributed by atoms with Gasteiger partial charge >= 0.3 is 0 Å². The summed E-state index contributed by atoms with van der Waals surface area (Å²) in [6.45, 7) is 1.98. The fourth-order valence-electron chi connectivity index (χ4n) is 3.59. The molecule has 0 aliphatic carbocycles. The SMILES string of the molecule is Clc1cccc2oc3c(N4C[C@@H]5C[C@H]4CN5)ncnc3c12. The molecular weight excluding hydrogens is 288 g/mol. The van der Waals surface area contributed by atoms with Gasteiger partial charge < -0.3 is 14.6 Å². The van der Waals surface area contributed by atoms with E-state index < -0.39 is 0 Å². The van der Waals surface area contributed by atoms with Gasteiger partial charge in [-0.2, -0.15) is 0 Å². The van der Waals surface area contributed by atoms with Crippen LogP contribution in [0.4, 0.5) is 5.82 Å². The molecule has 0 radical (unpaired) electrons. The number of furan rings is 1. The van der Waals surface area contributed by atoms with Gasteiger partial charge in [-0.3, -0.25) is 0 Å². The molecule has 5 nitrogen and oxygen atoms in total. The first-order valence-corrected chi connectivity index (χ1v) is 7.51. The van der Waals surface area contributed by atoms with Crippen molar-refractivity contribution in [3.8, 4) is 0 Å². The number of benzene rings is 1. The summed E-state index contributed by atoms with van der Waals surface area (Å²) < 4.78 is 6.01. The average Bonchev–Trinajstić information content (AvgIpc) is 3.20. The second-order valence-corrected chi connectivity index (χ2v) is 6.14. The summed E-state index contributed by atoms with van der Waals surface area (Å²) in [5, 5.41) is 5.05. The molecule has 0 amide bonds. The third-order valence-corrected chi connectivity index (χ3v) is 4.85. The highest BCUT2D eigenvalue weighted by atomic mass is 35.5. The molecule has 2 aliphatic heterocycles. The van der Waals surface area contributed by atoms with Crippen LogP contribution >= 0.6 is 11.6 Å². The lowest BCUT2D eigenvalue weighted by molar-refractivity contribution is 0.572. The predicted molar refractivity (Wildman–Crippen MR) is 81.9 cm³/mol. The molecule has 0 spiro atoms. The molecule has 2 aliphatic rings. The Bertz CT molecular complexity index is 861.